The van der Waals surface area contributed by atoms with Gasteiger partial charge in [-0.1, -0.05) is 18.2 Å². The van der Waals surface area contributed by atoms with Gasteiger partial charge >= 0.3 is 0 Å². The minimum Gasteiger partial charge on any atom is -0.396 e. The van der Waals surface area contributed by atoms with Gasteiger partial charge in [0.15, 0.2) is 0 Å². The number of hydrogen-bond acceptors (Lipinski definition) is 4. The monoisotopic (exact) mass is 347 g/mol. The fourth-order valence-electron chi connectivity index (χ4n) is 3.62. The Labute approximate surface area is 152 Å². The molecule has 1 aliphatic rings. The lowest BCUT2D eigenvalue weighted by Gasteiger charge is -2.39. The maximum Gasteiger partial charge on any atom is 0.241 e. The molecule has 1 aliphatic heterocycles. The van der Waals surface area contributed by atoms with Crippen molar-refractivity contribution in [3.05, 3.63) is 29.3 Å². The molecular weight excluding hydrogens is 314 g/mol. The van der Waals surface area contributed by atoms with Crippen LogP contribution in [0.4, 0.5) is 5.69 Å². The summed E-state index contributed by atoms with van der Waals surface area (Å²) in [6.07, 6.45) is 2.97. The van der Waals surface area contributed by atoms with E-state index < -0.39 is 0 Å². The molecule has 1 aromatic rings. The molecular formula is C20H33N3O2. The molecule has 2 N–H and O–H groups in total. The van der Waals surface area contributed by atoms with Crippen LogP contribution in [0.15, 0.2) is 18.2 Å². The van der Waals surface area contributed by atoms with E-state index in [1.54, 1.807) is 0 Å². The van der Waals surface area contributed by atoms with E-state index in [0.29, 0.717) is 6.04 Å². The number of aliphatic hydroxyl groups excluding tert-OH is 1. The lowest BCUT2D eigenvalue weighted by molar-refractivity contribution is -0.121. The molecule has 0 saturated carbocycles. The van der Waals surface area contributed by atoms with E-state index in [4.69, 9.17) is 5.11 Å². The summed E-state index contributed by atoms with van der Waals surface area (Å²) < 4.78 is 0. The number of amides is 1. The molecule has 1 heterocycles. The van der Waals surface area contributed by atoms with Crippen LogP contribution < -0.4 is 5.32 Å². The number of carbonyl (C=O) groups is 1. The first-order valence-electron chi connectivity index (χ1n) is 9.36. The van der Waals surface area contributed by atoms with Gasteiger partial charge in [0.05, 0.1) is 6.04 Å². The van der Waals surface area contributed by atoms with Crippen LogP contribution in [0.1, 0.15) is 37.3 Å². The normalized spacial score (nSPS) is 17.7. The topological polar surface area (TPSA) is 55.8 Å². The number of rotatable bonds is 7. The van der Waals surface area contributed by atoms with Crippen LogP contribution >= 0.6 is 0 Å². The molecule has 0 aromatic heterocycles. The number of para-hydroxylation sites is 1. The zero-order valence-electron chi connectivity index (χ0n) is 16.1. The average molecular weight is 348 g/mol. The van der Waals surface area contributed by atoms with Crippen molar-refractivity contribution in [3.8, 4) is 0 Å². The summed E-state index contributed by atoms with van der Waals surface area (Å²) in [4.78, 5) is 17.3. The highest BCUT2D eigenvalue weighted by Crippen LogP contribution is 2.22. The van der Waals surface area contributed by atoms with Crippen LogP contribution in [0, 0.1) is 13.8 Å². The van der Waals surface area contributed by atoms with Crippen LogP contribution in [-0.4, -0.2) is 66.2 Å². The fraction of sp³-hybridized carbons (Fsp3) is 0.650. The van der Waals surface area contributed by atoms with Crippen molar-refractivity contribution in [2.45, 2.75) is 52.1 Å². The van der Waals surface area contributed by atoms with Crippen LogP contribution in [0.2, 0.25) is 0 Å². The summed E-state index contributed by atoms with van der Waals surface area (Å²) in [5.41, 5.74) is 3.15. The second kappa shape index (κ2) is 9.32. The van der Waals surface area contributed by atoms with E-state index >= 15 is 0 Å². The van der Waals surface area contributed by atoms with E-state index in [1.807, 2.05) is 39.0 Å². The number of nitrogens with zero attached hydrogens (tertiary/aromatic N) is 2. The first-order valence-corrected chi connectivity index (χ1v) is 9.36. The first kappa shape index (κ1) is 19.9. The van der Waals surface area contributed by atoms with E-state index in [-0.39, 0.29) is 18.6 Å². The number of anilines is 1. The second-order valence-electron chi connectivity index (χ2n) is 7.26. The predicted molar refractivity (Wildman–Crippen MR) is 103 cm³/mol. The van der Waals surface area contributed by atoms with Crippen molar-refractivity contribution in [1.82, 2.24) is 9.80 Å². The van der Waals surface area contributed by atoms with Crippen molar-refractivity contribution in [3.63, 3.8) is 0 Å². The number of carbonyl (C=O) groups excluding carboxylic acids is 1. The molecule has 5 heteroatoms. The molecule has 0 aliphatic carbocycles. The molecule has 0 spiro atoms. The van der Waals surface area contributed by atoms with Crippen LogP contribution in [0.25, 0.3) is 0 Å². The average Bonchev–Trinajstić information content (AvgIpc) is 2.62. The van der Waals surface area contributed by atoms with Gasteiger partial charge in [0, 0.05) is 38.0 Å². The van der Waals surface area contributed by atoms with Gasteiger partial charge in [-0.2, -0.15) is 0 Å². The van der Waals surface area contributed by atoms with Crippen molar-refractivity contribution < 1.29 is 9.90 Å². The summed E-state index contributed by atoms with van der Waals surface area (Å²) in [6.45, 7) is 9.12. The number of nitrogens with one attached hydrogen (secondary N) is 1. The van der Waals surface area contributed by atoms with Crippen LogP contribution in [-0.2, 0) is 4.79 Å². The van der Waals surface area contributed by atoms with Crippen LogP contribution in [0.3, 0.4) is 0 Å². The SMILES string of the molecule is Cc1cccc(C)c1NC(=O)C(C)N1CCC(N(C)CCCO)CC1. The molecule has 2 rings (SSSR count). The largest absolute Gasteiger partial charge is 0.396 e. The standard InChI is InChI=1S/C20H33N3O2/c1-15-7-5-8-16(2)19(15)21-20(25)17(3)23-12-9-18(10-13-23)22(4)11-6-14-24/h5,7-8,17-18,24H,6,9-14H2,1-4H3,(H,21,25). The van der Waals surface area contributed by atoms with Gasteiger partial charge in [-0.05, 0) is 58.2 Å². The Kier molecular flexibility index (Phi) is 7.41. The number of benzene rings is 1. The molecule has 1 saturated heterocycles. The third-order valence-corrected chi connectivity index (χ3v) is 5.45. The Morgan fingerprint density at radius 1 is 1.32 bits per heavy atom. The van der Waals surface area contributed by atoms with E-state index in [0.717, 1.165) is 55.7 Å². The molecule has 0 radical (unpaired) electrons. The Morgan fingerprint density at radius 3 is 2.48 bits per heavy atom. The van der Waals surface area contributed by atoms with Crippen molar-refractivity contribution >= 4 is 11.6 Å². The number of likely N-dealkylation sites (tertiary alicyclic amines) is 1. The Balaban J connectivity index is 1.87. The van der Waals surface area contributed by atoms with Gasteiger partial charge in [-0.25, -0.2) is 0 Å². The predicted octanol–water partition coefficient (Wildman–Crippen LogP) is 2.41. The second-order valence-corrected chi connectivity index (χ2v) is 7.26. The van der Waals surface area contributed by atoms with Gasteiger partial charge < -0.3 is 15.3 Å². The minimum atomic E-state index is -0.122. The zero-order valence-corrected chi connectivity index (χ0v) is 16.1. The van der Waals surface area contributed by atoms with E-state index in [2.05, 4.69) is 22.2 Å². The summed E-state index contributed by atoms with van der Waals surface area (Å²) in [5, 5.41) is 12.1. The summed E-state index contributed by atoms with van der Waals surface area (Å²) in [7, 11) is 2.13. The number of hydrogen-bond donors (Lipinski definition) is 2. The van der Waals surface area contributed by atoms with E-state index in [9.17, 15) is 4.79 Å². The lowest BCUT2D eigenvalue weighted by atomic mass is 10.0. The number of aliphatic hydroxyl groups is 1. The number of piperidine rings is 1. The molecule has 1 aromatic carbocycles. The highest BCUT2D eigenvalue weighted by Gasteiger charge is 2.28. The van der Waals surface area contributed by atoms with Gasteiger partial charge in [0.2, 0.25) is 5.91 Å². The fourth-order valence-corrected chi connectivity index (χ4v) is 3.62. The van der Waals surface area contributed by atoms with Crippen LogP contribution in [0.5, 0.6) is 0 Å². The molecule has 1 fully saturated rings. The molecule has 0 bridgehead atoms. The zero-order chi connectivity index (χ0) is 18.4. The first-order chi connectivity index (χ1) is 11.9. The summed E-state index contributed by atoms with van der Waals surface area (Å²) in [5.74, 6) is 0.0736. The quantitative estimate of drug-likeness (QED) is 0.795. The Hall–Kier alpha value is -1.43. The van der Waals surface area contributed by atoms with Crippen molar-refractivity contribution in [2.24, 2.45) is 0 Å². The molecule has 5 nitrogen and oxygen atoms in total. The molecule has 25 heavy (non-hydrogen) atoms. The highest BCUT2D eigenvalue weighted by molar-refractivity contribution is 5.95. The molecule has 140 valence electrons. The van der Waals surface area contributed by atoms with Gasteiger partial charge in [0.1, 0.15) is 0 Å². The minimum absolute atomic E-state index is 0.0736. The van der Waals surface area contributed by atoms with Crippen molar-refractivity contribution in [1.29, 1.82) is 0 Å². The maximum absolute atomic E-state index is 12.7. The highest BCUT2D eigenvalue weighted by atomic mass is 16.3. The van der Waals surface area contributed by atoms with Gasteiger partial charge in [-0.3, -0.25) is 9.69 Å². The Bertz CT molecular complexity index is 548. The van der Waals surface area contributed by atoms with E-state index in [1.165, 1.54) is 0 Å². The van der Waals surface area contributed by atoms with Crippen molar-refractivity contribution in [2.75, 3.05) is 38.6 Å². The molecule has 1 atom stereocenters. The lowest BCUT2D eigenvalue weighted by Crippen LogP contribution is -2.50. The Morgan fingerprint density at radius 2 is 1.92 bits per heavy atom. The summed E-state index contributed by atoms with van der Waals surface area (Å²) >= 11 is 0. The maximum atomic E-state index is 12.7. The third-order valence-electron chi connectivity index (χ3n) is 5.45. The number of aryl methyl sites for hydroxylation is 2. The third kappa shape index (κ3) is 5.27. The summed E-state index contributed by atoms with van der Waals surface area (Å²) in [6, 6.07) is 6.50. The molecule has 1 unspecified atom stereocenters. The molecule has 1 amide bonds. The smallest absolute Gasteiger partial charge is 0.241 e. The van der Waals surface area contributed by atoms with Gasteiger partial charge in [0.25, 0.3) is 0 Å². The van der Waals surface area contributed by atoms with Gasteiger partial charge in [-0.15, -0.1) is 0 Å².